The number of hydrogen-bond acceptors (Lipinski definition) is 6. The first-order valence-corrected chi connectivity index (χ1v) is 2.98. The summed E-state index contributed by atoms with van der Waals surface area (Å²) in [5, 5.41) is 10.6. The van der Waals surface area contributed by atoms with Gasteiger partial charge in [0.05, 0.1) is 4.90 Å². The molecule has 9 heavy (non-hydrogen) atoms. The van der Waals surface area contributed by atoms with Crippen LogP contribution < -0.4 is 5.73 Å². The molecule has 0 atom stereocenters. The van der Waals surface area contributed by atoms with E-state index in [-0.39, 0.29) is 5.82 Å². The van der Waals surface area contributed by atoms with E-state index in [1.807, 2.05) is 0 Å². The molecule has 48 valence electrons. The molecule has 0 aliphatic rings. The minimum atomic E-state index is 0.248. The fraction of sp³-hybridized carbons (Fsp3) is 0. The van der Waals surface area contributed by atoms with Crippen molar-refractivity contribution in [3.8, 4) is 0 Å². The van der Waals surface area contributed by atoms with Crippen molar-refractivity contribution in [2.45, 2.75) is 9.92 Å². The molecule has 6 heteroatoms. The molecule has 0 aliphatic carbocycles. The summed E-state index contributed by atoms with van der Waals surface area (Å²) in [6.45, 7) is 0. The number of anilines is 1. The molecule has 0 saturated heterocycles. The average molecular weight is 160 g/mol. The van der Waals surface area contributed by atoms with Crippen molar-refractivity contribution in [3.05, 3.63) is 0 Å². The van der Waals surface area contributed by atoms with E-state index in [4.69, 9.17) is 5.73 Å². The maximum absolute atomic E-state index is 5.28. The third-order valence-corrected chi connectivity index (χ3v) is 1.68. The Balaban J connectivity index is 3.25. The van der Waals surface area contributed by atoms with Gasteiger partial charge in [-0.05, 0) is 5.21 Å². The van der Waals surface area contributed by atoms with E-state index in [2.05, 4.69) is 40.7 Å². The second-order valence-electron chi connectivity index (χ2n) is 1.35. The molecular formula is C3H4N4S2. The predicted molar refractivity (Wildman–Crippen MR) is 38.7 cm³/mol. The van der Waals surface area contributed by atoms with Crippen LogP contribution in [0.5, 0.6) is 0 Å². The highest BCUT2D eigenvalue weighted by Crippen LogP contribution is 2.17. The Morgan fingerprint density at radius 2 is 1.89 bits per heavy atom. The number of hydrogen-bond donors (Lipinski definition) is 3. The van der Waals surface area contributed by atoms with Gasteiger partial charge < -0.3 is 5.73 Å². The third kappa shape index (κ3) is 1.25. The lowest BCUT2D eigenvalue weighted by Crippen LogP contribution is -1.97. The monoisotopic (exact) mass is 160 g/mol. The van der Waals surface area contributed by atoms with Crippen LogP contribution in [0.15, 0.2) is 9.92 Å². The quantitative estimate of drug-likeness (QED) is 0.468. The largest absolute Gasteiger partial charge is 0.381 e. The van der Waals surface area contributed by atoms with Gasteiger partial charge in [0.1, 0.15) is 5.03 Å². The van der Waals surface area contributed by atoms with Gasteiger partial charge in [-0.3, -0.25) is 0 Å². The second kappa shape index (κ2) is 2.40. The lowest BCUT2D eigenvalue weighted by atomic mass is 10.6. The Bertz CT molecular complexity index is 205. The number of rotatable bonds is 0. The zero-order chi connectivity index (χ0) is 6.85. The van der Waals surface area contributed by atoms with Crippen LogP contribution in [0.25, 0.3) is 0 Å². The summed E-state index contributed by atoms with van der Waals surface area (Å²) in [5.41, 5.74) is 5.28. The Morgan fingerprint density at radius 1 is 1.22 bits per heavy atom. The third-order valence-electron chi connectivity index (χ3n) is 0.746. The summed E-state index contributed by atoms with van der Waals surface area (Å²) in [7, 11) is 0. The highest BCUT2D eigenvalue weighted by molar-refractivity contribution is 7.83. The van der Waals surface area contributed by atoms with Crippen LogP contribution in [0.2, 0.25) is 0 Å². The maximum Gasteiger partial charge on any atom is 0.164 e. The zero-order valence-corrected chi connectivity index (χ0v) is 6.10. The summed E-state index contributed by atoms with van der Waals surface area (Å²) in [6.07, 6.45) is 0. The fourth-order valence-corrected chi connectivity index (χ4v) is 0.566. The van der Waals surface area contributed by atoms with Crippen molar-refractivity contribution < 1.29 is 0 Å². The van der Waals surface area contributed by atoms with Crippen LogP contribution in [-0.2, 0) is 0 Å². The number of nitrogen functional groups attached to an aromatic ring is 1. The Kier molecular flexibility index (Phi) is 1.77. The lowest BCUT2D eigenvalue weighted by Gasteiger charge is -1.94. The Labute approximate surface area is 62.7 Å². The molecule has 1 aromatic rings. The summed E-state index contributed by atoms with van der Waals surface area (Å²) in [5.74, 6) is 0.248. The van der Waals surface area contributed by atoms with Crippen molar-refractivity contribution in [2.75, 3.05) is 5.73 Å². The van der Waals surface area contributed by atoms with Crippen molar-refractivity contribution >= 4 is 31.1 Å². The molecule has 1 rings (SSSR count). The van der Waals surface area contributed by atoms with E-state index in [1.165, 1.54) is 0 Å². The standard InChI is InChI=1S/C3H4N4S2/c4-2-1(8)3(9)6-7-5-2/h(H,7,8)(H3,4,5,6,9). The van der Waals surface area contributed by atoms with Gasteiger partial charge in [0.25, 0.3) is 0 Å². The highest BCUT2D eigenvalue weighted by atomic mass is 32.1. The number of aromatic nitrogens is 3. The number of nitrogens with zero attached hydrogens (tertiary/aromatic N) is 3. The van der Waals surface area contributed by atoms with Gasteiger partial charge in [-0.2, -0.15) is 0 Å². The fourth-order valence-electron chi connectivity index (χ4n) is 0.322. The zero-order valence-electron chi connectivity index (χ0n) is 4.31. The van der Waals surface area contributed by atoms with Crippen molar-refractivity contribution in [2.24, 2.45) is 0 Å². The molecule has 1 heterocycles. The smallest absolute Gasteiger partial charge is 0.164 e. The van der Waals surface area contributed by atoms with Gasteiger partial charge in [0.2, 0.25) is 0 Å². The van der Waals surface area contributed by atoms with Crippen LogP contribution in [0, 0.1) is 0 Å². The normalized spacial score (nSPS) is 9.56. The molecule has 0 aromatic carbocycles. The van der Waals surface area contributed by atoms with E-state index in [0.717, 1.165) is 0 Å². The van der Waals surface area contributed by atoms with E-state index in [0.29, 0.717) is 9.92 Å². The van der Waals surface area contributed by atoms with Gasteiger partial charge in [-0.25, -0.2) is 0 Å². The average Bonchev–Trinajstić information content (AvgIpc) is 1.83. The molecule has 0 bridgehead atoms. The van der Waals surface area contributed by atoms with E-state index >= 15 is 0 Å². The van der Waals surface area contributed by atoms with E-state index < -0.39 is 0 Å². The summed E-state index contributed by atoms with van der Waals surface area (Å²) < 4.78 is 0. The molecule has 0 radical (unpaired) electrons. The van der Waals surface area contributed by atoms with Crippen LogP contribution in [0.4, 0.5) is 5.82 Å². The molecule has 1 aromatic heterocycles. The summed E-state index contributed by atoms with van der Waals surface area (Å²) >= 11 is 7.84. The second-order valence-corrected chi connectivity index (χ2v) is 2.22. The van der Waals surface area contributed by atoms with Gasteiger partial charge >= 0.3 is 0 Å². The summed E-state index contributed by atoms with van der Waals surface area (Å²) in [4.78, 5) is 0.466. The van der Waals surface area contributed by atoms with Crippen molar-refractivity contribution in [1.82, 2.24) is 15.4 Å². The molecule has 0 amide bonds. The lowest BCUT2D eigenvalue weighted by molar-refractivity contribution is 0.778. The molecule has 0 saturated carbocycles. The van der Waals surface area contributed by atoms with Crippen molar-refractivity contribution in [3.63, 3.8) is 0 Å². The molecular weight excluding hydrogens is 156 g/mol. The molecule has 0 aliphatic heterocycles. The predicted octanol–water partition coefficient (Wildman–Crippen LogP) is 0.0312. The maximum atomic E-state index is 5.28. The SMILES string of the molecule is Nc1nnnc(S)c1S. The number of thiol groups is 2. The number of nitrogens with two attached hydrogens (primary N) is 1. The summed E-state index contributed by atoms with van der Waals surface area (Å²) in [6, 6.07) is 0. The van der Waals surface area contributed by atoms with Crippen LogP contribution >= 0.6 is 25.3 Å². The van der Waals surface area contributed by atoms with Crippen LogP contribution in [-0.4, -0.2) is 15.4 Å². The molecule has 0 spiro atoms. The molecule has 0 fully saturated rings. The van der Waals surface area contributed by atoms with Crippen LogP contribution in [0.1, 0.15) is 0 Å². The van der Waals surface area contributed by atoms with Gasteiger partial charge in [0, 0.05) is 0 Å². The molecule has 2 N–H and O–H groups in total. The minimum absolute atomic E-state index is 0.248. The molecule has 0 unspecified atom stereocenters. The van der Waals surface area contributed by atoms with Gasteiger partial charge in [0.15, 0.2) is 5.82 Å². The topological polar surface area (TPSA) is 64.7 Å². The Morgan fingerprint density at radius 3 is 2.33 bits per heavy atom. The molecule has 4 nitrogen and oxygen atoms in total. The first-order chi connectivity index (χ1) is 4.22. The van der Waals surface area contributed by atoms with Crippen LogP contribution in [0.3, 0.4) is 0 Å². The first kappa shape index (κ1) is 6.63. The minimum Gasteiger partial charge on any atom is -0.381 e. The van der Waals surface area contributed by atoms with E-state index in [9.17, 15) is 0 Å². The first-order valence-electron chi connectivity index (χ1n) is 2.08. The van der Waals surface area contributed by atoms with Crippen molar-refractivity contribution in [1.29, 1.82) is 0 Å². The van der Waals surface area contributed by atoms with E-state index in [1.54, 1.807) is 0 Å². The van der Waals surface area contributed by atoms with Gasteiger partial charge in [-0.1, -0.05) is 0 Å². The Hall–Kier alpha value is -0.490. The van der Waals surface area contributed by atoms with Gasteiger partial charge in [-0.15, -0.1) is 35.5 Å². The highest BCUT2D eigenvalue weighted by Gasteiger charge is 1.99.